The minimum Gasteiger partial charge on any atom is -0.312 e. The van der Waals surface area contributed by atoms with Crippen molar-refractivity contribution in [2.24, 2.45) is 0 Å². The van der Waals surface area contributed by atoms with Gasteiger partial charge in [-0.15, -0.1) is 0 Å². The van der Waals surface area contributed by atoms with E-state index in [0.29, 0.717) is 4.75 Å². The van der Waals surface area contributed by atoms with Crippen LogP contribution < -0.4 is 5.32 Å². The van der Waals surface area contributed by atoms with Crippen molar-refractivity contribution in [3.05, 3.63) is 24.3 Å². The Morgan fingerprint density at radius 1 is 1.27 bits per heavy atom. The average molecular weight is 225 g/mol. The number of hydrogen-bond donors (Lipinski definition) is 1. The van der Waals surface area contributed by atoms with E-state index in [9.17, 15) is 0 Å². The third-order valence-electron chi connectivity index (χ3n) is 1.76. The van der Waals surface area contributed by atoms with E-state index in [1.54, 1.807) is 6.33 Å². The summed E-state index contributed by atoms with van der Waals surface area (Å²) in [6, 6.07) is 0. The molecule has 0 amide bonds. The molecule has 0 radical (unpaired) electrons. The fourth-order valence-corrected chi connectivity index (χ4v) is 1.94. The number of nitrogens with one attached hydrogen (secondary N) is 1. The Labute approximate surface area is 96.1 Å². The first-order valence-corrected chi connectivity index (χ1v) is 6.15. The molecule has 84 valence electrons. The van der Waals surface area contributed by atoms with Gasteiger partial charge in [-0.1, -0.05) is 20.8 Å². The number of nitrogens with zero attached hydrogens (tertiary/aromatic N) is 2. The molecule has 0 spiro atoms. The lowest BCUT2D eigenvalue weighted by Gasteiger charge is -2.17. The lowest BCUT2D eigenvalue weighted by molar-refractivity contribution is 0.720. The second-order valence-corrected chi connectivity index (χ2v) is 6.31. The molecule has 1 aromatic rings. The minimum absolute atomic E-state index is 0.359. The standard InChI is InChI=1S/C11H19N3S/c1-11(2,3)15-5-4-12-6-10-7-13-9-14-8-10/h7-9,12H,4-6H2,1-3H3. The fourth-order valence-electron chi connectivity index (χ4n) is 1.08. The number of hydrogen-bond acceptors (Lipinski definition) is 4. The molecule has 1 N–H and O–H groups in total. The second kappa shape index (κ2) is 6.08. The molecule has 0 aromatic carbocycles. The normalized spacial score (nSPS) is 11.7. The summed E-state index contributed by atoms with van der Waals surface area (Å²) in [5.74, 6) is 1.14. The lowest BCUT2D eigenvalue weighted by Crippen LogP contribution is -2.19. The first-order valence-electron chi connectivity index (χ1n) is 5.16. The van der Waals surface area contributed by atoms with Gasteiger partial charge < -0.3 is 5.32 Å². The zero-order valence-electron chi connectivity index (χ0n) is 9.66. The van der Waals surface area contributed by atoms with Gasteiger partial charge in [-0.05, 0) is 0 Å². The van der Waals surface area contributed by atoms with Crippen molar-refractivity contribution in [2.75, 3.05) is 12.3 Å². The predicted octanol–water partition coefficient (Wildman–Crippen LogP) is 2.10. The van der Waals surface area contributed by atoms with E-state index in [1.165, 1.54) is 0 Å². The van der Waals surface area contributed by atoms with E-state index in [-0.39, 0.29) is 0 Å². The Balaban J connectivity index is 2.08. The van der Waals surface area contributed by atoms with Crippen molar-refractivity contribution in [3.63, 3.8) is 0 Å². The molecule has 0 unspecified atom stereocenters. The molecule has 1 aromatic heterocycles. The van der Waals surface area contributed by atoms with Crippen molar-refractivity contribution < 1.29 is 0 Å². The monoisotopic (exact) mass is 225 g/mol. The first kappa shape index (κ1) is 12.5. The summed E-state index contributed by atoms with van der Waals surface area (Å²) in [5, 5.41) is 3.37. The summed E-state index contributed by atoms with van der Waals surface area (Å²) < 4.78 is 0.359. The van der Waals surface area contributed by atoms with E-state index in [1.807, 2.05) is 24.2 Å². The van der Waals surface area contributed by atoms with Crippen LogP contribution in [0.1, 0.15) is 26.3 Å². The highest BCUT2D eigenvalue weighted by Gasteiger charge is 2.08. The van der Waals surface area contributed by atoms with Crippen LogP contribution in [0.25, 0.3) is 0 Å². The van der Waals surface area contributed by atoms with Crippen LogP contribution in [0.3, 0.4) is 0 Å². The average Bonchev–Trinajstić information content (AvgIpc) is 2.17. The summed E-state index contributed by atoms with van der Waals surface area (Å²) in [6.45, 7) is 8.59. The molecule has 1 heterocycles. The largest absolute Gasteiger partial charge is 0.312 e. The predicted molar refractivity (Wildman–Crippen MR) is 65.9 cm³/mol. The quantitative estimate of drug-likeness (QED) is 0.779. The zero-order chi connectivity index (χ0) is 11.1. The van der Waals surface area contributed by atoms with Crippen molar-refractivity contribution in [1.82, 2.24) is 15.3 Å². The van der Waals surface area contributed by atoms with E-state index in [0.717, 1.165) is 24.4 Å². The van der Waals surface area contributed by atoms with E-state index >= 15 is 0 Å². The number of thioether (sulfide) groups is 1. The van der Waals surface area contributed by atoms with Gasteiger partial charge in [-0.3, -0.25) is 0 Å². The highest BCUT2D eigenvalue weighted by Crippen LogP contribution is 2.21. The first-order chi connectivity index (χ1) is 7.08. The second-order valence-electron chi connectivity index (χ2n) is 4.38. The van der Waals surface area contributed by atoms with Gasteiger partial charge in [0.05, 0.1) is 0 Å². The van der Waals surface area contributed by atoms with Crippen molar-refractivity contribution in [2.45, 2.75) is 32.1 Å². The maximum Gasteiger partial charge on any atom is 0.115 e. The molecule has 0 bridgehead atoms. The molecule has 0 aliphatic heterocycles. The van der Waals surface area contributed by atoms with Crippen molar-refractivity contribution >= 4 is 11.8 Å². The number of aromatic nitrogens is 2. The fraction of sp³-hybridized carbons (Fsp3) is 0.636. The van der Waals surface area contributed by atoms with Gasteiger partial charge >= 0.3 is 0 Å². The topological polar surface area (TPSA) is 37.8 Å². The van der Waals surface area contributed by atoms with Gasteiger partial charge in [0, 0.05) is 41.5 Å². The van der Waals surface area contributed by atoms with Crippen LogP contribution in [0.4, 0.5) is 0 Å². The highest BCUT2D eigenvalue weighted by atomic mass is 32.2. The van der Waals surface area contributed by atoms with Crippen LogP contribution in [-0.2, 0) is 6.54 Å². The van der Waals surface area contributed by atoms with Gasteiger partial charge in [-0.2, -0.15) is 11.8 Å². The zero-order valence-corrected chi connectivity index (χ0v) is 10.5. The Kier molecular flexibility index (Phi) is 5.05. The molecule has 0 aliphatic carbocycles. The third kappa shape index (κ3) is 6.47. The number of rotatable bonds is 5. The molecule has 4 heteroatoms. The molecule has 0 aliphatic rings. The molecule has 0 fully saturated rings. The van der Waals surface area contributed by atoms with Crippen LogP contribution in [0.2, 0.25) is 0 Å². The summed E-state index contributed by atoms with van der Waals surface area (Å²) >= 11 is 1.97. The molecule has 15 heavy (non-hydrogen) atoms. The van der Waals surface area contributed by atoms with Gasteiger partial charge in [0.15, 0.2) is 0 Å². The Morgan fingerprint density at radius 3 is 2.53 bits per heavy atom. The Bertz CT molecular complexity index is 269. The molecule has 3 nitrogen and oxygen atoms in total. The summed E-state index contributed by atoms with van der Waals surface area (Å²) in [4.78, 5) is 7.93. The molecular weight excluding hydrogens is 206 g/mol. The molecule has 0 saturated carbocycles. The van der Waals surface area contributed by atoms with Gasteiger partial charge in [0.1, 0.15) is 6.33 Å². The van der Waals surface area contributed by atoms with E-state index < -0.39 is 0 Å². The Morgan fingerprint density at radius 2 is 1.93 bits per heavy atom. The van der Waals surface area contributed by atoms with Gasteiger partial charge in [-0.25, -0.2) is 9.97 Å². The maximum atomic E-state index is 3.97. The van der Waals surface area contributed by atoms with Crippen LogP contribution >= 0.6 is 11.8 Å². The lowest BCUT2D eigenvalue weighted by atomic mass is 10.3. The summed E-state index contributed by atoms with van der Waals surface area (Å²) in [6.07, 6.45) is 5.24. The van der Waals surface area contributed by atoms with Crippen LogP contribution in [-0.4, -0.2) is 27.0 Å². The van der Waals surface area contributed by atoms with Crippen LogP contribution in [0.5, 0.6) is 0 Å². The molecule has 1 rings (SSSR count). The minimum atomic E-state index is 0.359. The Hall–Kier alpha value is -0.610. The van der Waals surface area contributed by atoms with Gasteiger partial charge in [0.2, 0.25) is 0 Å². The van der Waals surface area contributed by atoms with Crippen molar-refractivity contribution in [1.29, 1.82) is 0 Å². The molecule has 0 saturated heterocycles. The van der Waals surface area contributed by atoms with Crippen molar-refractivity contribution in [3.8, 4) is 0 Å². The molecule has 0 atom stereocenters. The summed E-state index contributed by atoms with van der Waals surface area (Å²) in [5.41, 5.74) is 1.14. The van der Waals surface area contributed by atoms with Crippen LogP contribution in [0.15, 0.2) is 18.7 Å². The van der Waals surface area contributed by atoms with Crippen LogP contribution in [0, 0.1) is 0 Å². The van der Waals surface area contributed by atoms with E-state index in [2.05, 4.69) is 36.1 Å². The summed E-state index contributed by atoms with van der Waals surface area (Å²) in [7, 11) is 0. The third-order valence-corrected chi connectivity index (χ3v) is 3.03. The smallest absolute Gasteiger partial charge is 0.115 e. The highest BCUT2D eigenvalue weighted by molar-refractivity contribution is 8.00. The maximum absolute atomic E-state index is 3.97. The van der Waals surface area contributed by atoms with Gasteiger partial charge in [0.25, 0.3) is 0 Å². The SMILES string of the molecule is CC(C)(C)SCCNCc1cncnc1. The van der Waals surface area contributed by atoms with E-state index in [4.69, 9.17) is 0 Å². The molecular formula is C11H19N3S.